The summed E-state index contributed by atoms with van der Waals surface area (Å²) in [4.78, 5) is 0. The lowest BCUT2D eigenvalue weighted by Gasteiger charge is -2.09. The van der Waals surface area contributed by atoms with E-state index in [0.29, 0.717) is 4.64 Å². The third kappa shape index (κ3) is 1.96. The molecule has 1 aromatic rings. The fraction of sp³-hybridized carbons (Fsp3) is 0.300. The van der Waals surface area contributed by atoms with Gasteiger partial charge in [-0.2, -0.15) is 0 Å². The monoisotopic (exact) mass is 205 g/mol. The molecule has 4 heteroatoms. The Kier molecular flexibility index (Phi) is 2.54. The van der Waals surface area contributed by atoms with Gasteiger partial charge >= 0.3 is 0 Å². The van der Waals surface area contributed by atoms with E-state index in [0.717, 1.165) is 24.1 Å². The molecule has 0 spiro atoms. The van der Waals surface area contributed by atoms with Gasteiger partial charge in [-0.3, -0.25) is 5.10 Å². The van der Waals surface area contributed by atoms with Gasteiger partial charge in [0.15, 0.2) is 4.64 Å². The van der Waals surface area contributed by atoms with Crippen molar-refractivity contribution >= 4 is 17.8 Å². The maximum atomic E-state index is 4.96. The van der Waals surface area contributed by atoms with Gasteiger partial charge in [-0.1, -0.05) is 35.2 Å². The van der Waals surface area contributed by atoms with E-state index in [1.807, 2.05) is 6.07 Å². The van der Waals surface area contributed by atoms with E-state index in [4.69, 9.17) is 12.2 Å². The molecule has 14 heavy (non-hydrogen) atoms. The van der Waals surface area contributed by atoms with Crippen LogP contribution in [0.3, 0.4) is 0 Å². The summed E-state index contributed by atoms with van der Waals surface area (Å²) in [5.74, 6) is 0. The first kappa shape index (κ1) is 9.27. The standard InChI is InChI=1S/C10H11N3S/c1-7-3-2-4-8(5-7)9-6-10(14)12-13-11-9/h4-6H,2-3H2,1H3,(H,11,12,14). The van der Waals surface area contributed by atoms with Crippen molar-refractivity contribution in [1.29, 1.82) is 0 Å². The Morgan fingerprint density at radius 1 is 1.50 bits per heavy atom. The van der Waals surface area contributed by atoms with Crippen molar-refractivity contribution in [1.82, 2.24) is 15.4 Å². The molecule has 0 saturated carbocycles. The van der Waals surface area contributed by atoms with Crippen LogP contribution in [0.1, 0.15) is 25.5 Å². The maximum Gasteiger partial charge on any atom is 0.152 e. The summed E-state index contributed by atoms with van der Waals surface area (Å²) in [6.07, 6.45) is 6.57. The van der Waals surface area contributed by atoms with Crippen LogP contribution in [0.2, 0.25) is 0 Å². The van der Waals surface area contributed by atoms with E-state index in [2.05, 4.69) is 34.5 Å². The summed E-state index contributed by atoms with van der Waals surface area (Å²) in [6, 6.07) is 1.84. The van der Waals surface area contributed by atoms with Crippen molar-refractivity contribution in [3.63, 3.8) is 0 Å². The van der Waals surface area contributed by atoms with E-state index in [9.17, 15) is 0 Å². The minimum Gasteiger partial charge on any atom is -0.259 e. The van der Waals surface area contributed by atoms with Crippen molar-refractivity contribution in [2.45, 2.75) is 19.8 Å². The molecule has 72 valence electrons. The van der Waals surface area contributed by atoms with Crippen molar-refractivity contribution < 1.29 is 0 Å². The van der Waals surface area contributed by atoms with Crippen molar-refractivity contribution in [2.24, 2.45) is 0 Å². The number of allylic oxidation sites excluding steroid dienone is 4. The second kappa shape index (κ2) is 3.84. The molecule has 0 amide bonds. The van der Waals surface area contributed by atoms with Crippen LogP contribution in [-0.4, -0.2) is 15.4 Å². The fourth-order valence-electron chi connectivity index (χ4n) is 1.50. The number of hydrogen-bond donors (Lipinski definition) is 1. The van der Waals surface area contributed by atoms with Crippen LogP contribution in [0.25, 0.3) is 5.57 Å². The predicted molar refractivity (Wildman–Crippen MR) is 58.2 cm³/mol. The summed E-state index contributed by atoms with van der Waals surface area (Å²) >= 11 is 4.96. The van der Waals surface area contributed by atoms with Crippen LogP contribution in [0.5, 0.6) is 0 Å². The number of nitrogens with one attached hydrogen (secondary N) is 1. The molecule has 1 aliphatic carbocycles. The molecule has 1 N–H and O–H groups in total. The Labute approximate surface area is 87.6 Å². The largest absolute Gasteiger partial charge is 0.259 e. The highest BCUT2D eigenvalue weighted by atomic mass is 32.1. The van der Waals surface area contributed by atoms with Gasteiger partial charge in [0.1, 0.15) is 0 Å². The van der Waals surface area contributed by atoms with Gasteiger partial charge in [0.25, 0.3) is 0 Å². The second-order valence-corrected chi connectivity index (χ2v) is 3.82. The zero-order valence-electron chi connectivity index (χ0n) is 7.95. The van der Waals surface area contributed by atoms with E-state index < -0.39 is 0 Å². The third-order valence-electron chi connectivity index (χ3n) is 2.20. The zero-order chi connectivity index (χ0) is 9.97. The number of hydrogen-bond acceptors (Lipinski definition) is 3. The lowest BCUT2D eigenvalue weighted by atomic mass is 9.99. The Morgan fingerprint density at radius 3 is 3.07 bits per heavy atom. The molecule has 1 aromatic heterocycles. The number of H-pyrrole nitrogens is 1. The molecule has 3 nitrogen and oxygen atoms in total. The molecule has 0 aromatic carbocycles. The first-order valence-corrected chi connectivity index (χ1v) is 4.96. The van der Waals surface area contributed by atoms with Gasteiger partial charge in [-0.05, 0) is 25.3 Å². The Balaban J connectivity index is 2.41. The van der Waals surface area contributed by atoms with E-state index in [-0.39, 0.29) is 0 Å². The molecular formula is C10H11N3S. The molecule has 1 heterocycles. The topological polar surface area (TPSA) is 41.6 Å². The first-order valence-electron chi connectivity index (χ1n) is 4.56. The van der Waals surface area contributed by atoms with Gasteiger partial charge in [0, 0.05) is 6.07 Å². The second-order valence-electron chi connectivity index (χ2n) is 3.40. The average Bonchev–Trinajstić information content (AvgIpc) is 2.18. The Hall–Kier alpha value is -1.29. The van der Waals surface area contributed by atoms with Crippen LogP contribution in [0, 0.1) is 4.64 Å². The lowest BCUT2D eigenvalue weighted by molar-refractivity contribution is 0.844. The first-order chi connectivity index (χ1) is 6.75. The predicted octanol–water partition coefficient (Wildman–Crippen LogP) is 2.66. The Bertz CT molecular complexity index is 456. The quantitative estimate of drug-likeness (QED) is 0.717. The van der Waals surface area contributed by atoms with Gasteiger partial charge in [0.2, 0.25) is 0 Å². The fourth-order valence-corrected chi connectivity index (χ4v) is 1.66. The zero-order valence-corrected chi connectivity index (χ0v) is 8.77. The minimum absolute atomic E-state index is 0.524. The molecule has 0 bridgehead atoms. The van der Waals surface area contributed by atoms with Crippen LogP contribution in [0.15, 0.2) is 23.8 Å². The summed E-state index contributed by atoms with van der Waals surface area (Å²) < 4.78 is 0.524. The van der Waals surface area contributed by atoms with Crippen molar-refractivity contribution in [3.8, 4) is 0 Å². The molecule has 2 rings (SSSR count). The molecule has 0 saturated heterocycles. The Morgan fingerprint density at radius 2 is 2.36 bits per heavy atom. The summed E-state index contributed by atoms with van der Waals surface area (Å²) in [7, 11) is 0. The molecule has 0 radical (unpaired) electrons. The smallest absolute Gasteiger partial charge is 0.152 e. The van der Waals surface area contributed by atoms with Crippen LogP contribution < -0.4 is 0 Å². The maximum absolute atomic E-state index is 4.96. The van der Waals surface area contributed by atoms with Crippen molar-refractivity contribution in [2.75, 3.05) is 0 Å². The summed E-state index contributed by atoms with van der Waals surface area (Å²) in [5.41, 5.74) is 3.50. The van der Waals surface area contributed by atoms with E-state index in [1.165, 1.54) is 5.57 Å². The molecular weight excluding hydrogens is 194 g/mol. The highest BCUT2D eigenvalue weighted by molar-refractivity contribution is 7.71. The normalized spacial score (nSPS) is 16.1. The molecule has 0 fully saturated rings. The van der Waals surface area contributed by atoms with Gasteiger partial charge < -0.3 is 0 Å². The molecule has 0 atom stereocenters. The van der Waals surface area contributed by atoms with Gasteiger partial charge in [-0.25, -0.2) is 0 Å². The molecule has 0 unspecified atom stereocenters. The van der Waals surface area contributed by atoms with E-state index >= 15 is 0 Å². The molecule has 0 aliphatic heterocycles. The van der Waals surface area contributed by atoms with Crippen LogP contribution >= 0.6 is 12.2 Å². The van der Waals surface area contributed by atoms with Gasteiger partial charge in [0.05, 0.1) is 5.69 Å². The minimum atomic E-state index is 0.524. The molecule has 1 aliphatic rings. The number of nitrogens with zero attached hydrogens (tertiary/aromatic N) is 2. The number of aromatic nitrogens is 3. The van der Waals surface area contributed by atoms with Crippen LogP contribution in [0.4, 0.5) is 0 Å². The third-order valence-corrected chi connectivity index (χ3v) is 2.40. The van der Waals surface area contributed by atoms with Gasteiger partial charge in [-0.15, -0.1) is 5.10 Å². The highest BCUT2D eigenvalue weighted by Gasteiger charge is 2.04. The summed E-state index contributed by atoms with van der Waals surface area (Å²) in [6.45, 7) is 2.14. The van der Waals surface area contributed by atoms with Crippen LogP contribution in [-0.2, 0) is 0 Å². The van der Waals surface area contributed by atoms with Crippen molar-refractivity contribution in [3.05, 3.63) is 34.1 Å². The highest BCUT2D eigenvalue weighted by Crippen LogP contribution is 2.22. The van der Waals surface area contributed by atoms with E-state index in [1.54, 1.807) is 0 Å². The SMILES string of the molecule is CC1=CC(c2cc(=S)nn[nH]2)=CCC1. The average molecular weight is 205 g/mol. The number of aromatic amines is 1. The lowest BCUT2D eigenvalue weighted by Crippen LogP contribution is -1.96. The number of rotatable bonds is 1. The summed E-state index contributed by atoms with van der Waals surface area (Å²) in [5, 5.41) is 10.3.